The number of aryl methyl sites for hydroxylation is 1. The fourth-order valence-electron chi connectivity index (χ4n) is 3.54. The number of aromatic nitrogens is 2. The average Bonchev–Trinajstić information content (AvgIpc) is 3.20. The summed E-state index contributed by atoms with van der Waals surface area (Å²) in [4.78, 5) is 19.2. The van der Waals surface area contributed by atoms with Crippen molar-refractivity contribution in [1.82, 2.24) is 15.0 Å². The van der Waals surface area contributed by atoms with Crippen LogP contribution in [0.3, 0.4) is 0 Å². The third-order valence-electron chi connectivity index (χ3n) is 5.35. The summed E-state index contributed by atoms with van der Waals surface area (Å²) in [6.45, 7) is 4.00. The van der Waals surface area contributed by atoms with E-state index in [2.05, 4.69) is 20.4 Å². The van der Waals surface area contributed by atoms with Crippen LogP contribution in [0, 0.1) is 18.7 Å². The number of hydrogen-bond donors (Lipinski definition) is 1. The zero-order chi connectivity index (χ0) is 21.1. The van der Waals surface area contributed by atoms with E-state index in [0.29, 0.717) is 28.8 Å². The van der Waals surface area contributed by atoms with Crippen LogP contribution < -0.4 is 5.32 Å². The number of benzene rings is 2. The summed E-state index contributed by atoms with van der Waals surface area (Å²) in [6.07, 6.45) is 1.51. The highest BCUT2D eigenvalue weighted by atomic mass is 35.5. The zero-order valence-corrected chi connectivity index (χ0v) is 17.3. The molecule has 1 aliphatic rings. The topological polar surface area (TPSA) is 71.3 Å². The molecule has 1 amide bonds. The van der Waals surface area contributed by atoms with Gasteiger partial charge in [-0.15, -0.1) is 0 Å². The van der Waals surface area contributed by atoms with Crippen molar-refractivity contribution >= 4 is 23.2 Å². The number of hydrogen-bond acceptors (Lipinski definition) is 5. The van der Waals surface area contributed by atoms with Crippen LogP contribution in [0.4, 0.5) is 10.1 Å². The van der Waals surface area contributed by atoms with Gasteiger partial charge in [-0.1, -0.05) is 22.8 Å². The number of rotatable bonds is 5. The third kappa shape index (κ3) is 4.86. The molecule has 6 nitrogen and oxygen atoms in total. The van der Waals surface area contributed by atoms with Crippen LogP contribution in [0.15, 0.2) is 47.0 Å². The monoisotopic (exact) mass is 428 g/mol. The Morgan fingerprint density at radius 3 is 2.70 bits per heavy atom. The van der Waals surface area contributed by atoms with Crippen molar-refractivity contribution in [3.8, 4) is 11.4 Å². The minimum Gasteiger partial charge on any atom is -0.338 e. The highest BCUT2D eigenvalue weighted by Gasteiger charge is 2.26. The van der Waals surface area contributed by atoms with Gasteiger partial charge in [0, 0.05) is 22.2 Å². The summed E-state index contributed by atoms with van der Waals surface area (Å²) in [5.41, 5.74) is 2.45. The van der Waals surface area contributed by atoms with Gasteiger partial charge in [0.05, 0.1) is 6.54 Å². The quantitative estimate of drug-likeness (QED) is 0.638. The second-order valence-electron chi connectivity index (χ2n) is 7.52. The summed E-state index contributed by atoms with van der Waals surface area (Å²) in [6, 6.07) is 11.5. The number of carbonyl (C=O) groups excluding carboxylic acids is 1. The smallest absolute Gasteiger partial charge is 0.241 e. The fraction of sp³-hybridized carbons (Fsp3) is 0.318. The average molecular weight is 429 g/mol. The molecule has 4 rings (SSSR count). The molecule has 0 radical (unpaired) electrons. The van der Waals surface area contributed by atoms with E-state index in [4.69, 9.17) is 16.1 Å². The largest absolute Gasteiger partial charge is 0.338 e. The third-order valence-corrected chi connectivity index (χ3v) is 5.58. The minimum absolute atomic E-state index is 0.0244. The van der Waals surface area contributed by atoms with Gasteiger partial charge in [0.15, 0.2) is 0 Å². The Morgan fingerprint density at radius 2 is 1.97 bits per heavy atom. The Morgan fingerprint density at radius 1 is 1.23 bits per heavy atom. The standard InChI is InChI=1S/C22H22ClFN4O2/c1-14-2-5-17(23)12-19(14)25-22(29)16-8-10-28(11-9-16)13-20-26-21(27-30-20)15-3-6-18(24)7-4-15/h2-7,12,16H,8-11,13H2,1H3,(H,25,29). The second-order valence-corrected chi connectivity index (χ2v) is 7.95. The maximum absolute atomic E-state index is 13.1. The van der Waals surface area contributed by atoms with E-state index in [1.807, 2.05) is 19.1 Å². The first kappa shape index (κ1) is 20.5. The SMILES string of the molecule is Cc1ccc(Cl)cc1NC(=O)C1CCN(Cc2nc(-c3ccc(F)cc3)no2)CC1. The van der Waals surface area contributed by atoms with E-state index in [9.17, 15) is 9.18 Å². The van der Waals surface area contributed by atoms with Gasteiger partial charge in [0.25, 0.3) is 0 Å². The Balaban J connectivity index is 1.30. The lowest BCUT2D eigenvalue weighted by Crippen LogP contribution is -2.37. The molecule has 0 spiro atoms. The van der Waals surface area contributed by atoms with Gasteiger partial charge in [0.1, 0.15) is 5.82 Å². The van der Waals surface area contributed by atoms with E-state index in [1.165, 1.54) is 12.1 Å². The first-order valence-corrected chi connectivity index (χ1v) is 10.2. The van der Waals surface area contributed by atoms with Crippen molar-refractivity contribution < 1.29 is 13.7 Å². The van der Waals surface area contributed by atoms with Crippen molar-refractivity contribution in [2.45, 2.75) is 26.3 Å². The van der Waals surface area contributed by atoms with E-state index in [-0.39, 0.29) is 17.6 Å². The molecule has 0 bridgehead atoms. The Kier molecular flexibility index (Phi) is 6.11. The Hall–Kier alpha value is -2.77. The molecule has 1 N–H and O–H groups in total. The van der Waals surface area contributed by atoms with E-state index in [1.54, 1.807) is 18.2 Å². The summed E-state index contributed by atoms with van der Waals surface area (Å²) < 4.78 is 18.4. The molecule has 0 aliphatic carbocycles. The van der Waals surface area contributed by atoms with Crippen LogP contribution in [0.2, 0.25) is 5.02 Å². The zero-order valence-electron chi connectivity index (χ0n) is 16.6. The van der Waals surface area contributed by atoms with Crippen molar-refractivity contribution in [2.24, 2.45) is 5.92 Å². The number of piperidine rings is 1. The first-order chi connectivity index (χ1) is 14.5. The van der Waals surface area contributed by atoms with Crippen molar-refractivity contribution in [1.29, 1.82) is 0 Å². The number of nitrogens with zero attached hydrogens (tertiary/aromatic N) is 3. The molecule has 1 fully saturated rings. The number of nitrogens with one attached hydrogen (secondary N) is 1. The Bertz CT molecular complexity index is 1030. The van der Waals surface area contributed by atoms with Crippen LogP contribution in [0.5, 0.6) is 0 Å². The maximum Gasteiger partial charge on any atom is 0.241 e. The molecule has 1 aromatic heterocycles. The molecule has 0 unspecified atom stereocenters. The number of halogens is 2. The molecule has 156 valence electrons. The van der Waals surface area contributed by atoms with Gasteiger partial charge in [0.2, 0.25) is 17.6 Å². The summed E-state index contributed by atoms with van der Waals surface area (Å²) >= 11 is 6.04. The number of anilines is 1. The number of likely N-dealkylation sites (tertiary alicyclic amines) is 1. The van der Waals surface area contributed by atoms with Crippen molar-refractivity contribution in [3.63, 3.8) is 0 Å². The lowest BCUT2D eigenvalue weighted by atomic mass is 9.95. The van der Waals surface area contributed by atoms with E-state index >= 15 is 0 Å². The van der Waals surface area contributed by atoms with E-state index in [0.717, 1.165) is 37.2 Å². The van der Waals surface area contributed by atoms with Crippen molar-refractivity contribution in [2.75, 3.05) is 18.4 Å². The lowest BCUT2D eigenvalue weighted by molar-refractivity contribution is -0.121. The van der Waals surface area contributed by atoms with Gasteiger partial charge in [-0.2, -0.15) is 4.98 Å². The molecule has 1 aliphatic heterocycles. The molecule has 1 saturated heterocycles. The second kappa shape index (κ2) is 8.93. The molecule has 2 aromatic carbocycles. The van der Waals surface area contributed by atoms with Gasteiger partial charge in [-0.3, -0.25) is 9.69 Å². The summed E-state index contributed by atoms with van der Waals surface area (Å²) in [7, 11) is 0. The summed E-state index contributed by atoms with van der Waals surface area (Å²) in [5.74, 6) is 0.622. The maximum atomic E-state index is 13.1. The van der Waals surface area contributed by atoms with E-state index < -0.39 is 0 Å². The van der Waals surface area contributed by atoms with Crippen LogP contribution in [0.25, 0.3) is 11.4 Å². The van der Waals surface area contributed by atoms with Crippen LogP contribution in [-0.4, -0.2) is 34.0 Å². The Labute approximate surface area is 179 Å². The molecule has 3 aromatic rings. The lowest BCUT2D eigenvalue weighted by Gasteiger charge is -2.30. The number of amides is 1. The molecule has 30 heavy (non-hydrogen) atoms. The molecule has 8 heteroatoms. The predicted octanol–water partition coefficient (Wildman–Crippen LogP) is 4.69. The molecule has 0 saturated carbocycles. The fourth-order valence-corrected chi connectivity index (χ4v) is 3.72. The normalized spacial score (nSPS) is 15.3. The molecular weight excluding hydrogens is 407 g/mol. The first-order valence-electron chi connectivity index (χ1n) is 9.86. The van der Waals surface area contributed by atoms with Gasteiger partial charge in [-0.05, 0) is 74.8 Å². The van der Waals surface area contributed by atoms with Gasteiger partial charge < -0.3 is 9.84 Å². The number of carbonyl (C=O) groups is 1. The summed E-state index contributed by atoms with van der Waals surface area (Å²) in [5, 5.41) is 7.58. The molecule has 2 heterocycles. The molecular formula is C22H22ClFN4O2. The van der Waals surface area contributed by atoms with Gasteiger partial charge in [-0.25, -0.2) is 4.39 Å². The van der Waals surface area contributed by atoms with Crippen LogP contribution >= 0.6 is 11.6 Å². The predicted molar refractivity (Wildman–Crippen MR) is 113 cm³/mol. The molecule has 0 atom stereocenters. The van der Waals surface area contributed by atoms with Crippen LogP contribution in [0.1, 0.15) is 24.3 Å². The minimum atomic E-state index is -0.306. The van der Waals surface area contributed by atoms with Crippen molar-refractivity contribution in [3.05, 3.63) is 64.8 Å². The highest BCUT2D eigenvalue weighted by Crippen LogP contribution is 2.24. The highest BCUT2D eigenvalue weighted by molar-refractivity contribution is 6.31. The van der Waals surface area contributed by atoms with Gasteiger partial charge >= 0.3 is 0 Å². The van der Waals surface area contributed by atoms with Crippen LogP contribution in [-0.2, 0) is 11.3 Å².